The fraction of sp³-hybridized carbons (Fsp3) is 0.650. The number of rotatable bonds is 3. The number of piperidine rings is 1. The Kier molecular flexibility index (Phi) is 5.97. The average Bonchev–Trinajstić information content (AvgIpc) is 2.73. The van der Waals surface area contributed by atoms with Crippen molar-refractivity contribution >= 4 is 27.5 Å². The lowest BCUT2D eigenvalue weighted by Gasteiger charge is -2.41. The van der Waals surface area contributed by atoms with Gasteiger partial charge < -0.3 is 9.64 Å². The van der Waals surface area contributed by atoms with E-state index in [9.17, 15) is 13.2 Å². The maximum atomic E-state index is 13.1. The van der Waals surface area contributed by atoms with Gasteiger partial charge in [0.1, 0.15) is 4.90 Å². The molecule has 3 fully saturated rings. The molecule has 1 saturated carbocycles. The molecular weight excluding hydrogens is 400 g/mol. The molecule has 2 saturated heterocycles. The lowest BCUT2D eigenvalue weighted by Crippen LogP contribution is -2.44. The number of hydrogen-bond acceptors (Lipinski definition) is 4. The van der Waals surface area contributed by atoms with Crippen LogP contribution in [0.3, 0.4) is 0 Å². The van der Waals surface area contributed by atoms with E-state index in [1.807, 2.05) is 4.90 Å². The standard InChI is InChI=1S/C20H27ClN2O4S/c21-18-6-5-16(13-19(18)28(25,26)23-9-11-27-12-10-23)20(24)22-8-7-15-3-1-2-4-17(15)14-22/h5-6,13,15,17H,1-4,7-12,14H2/t15-,17+/m1/s1. The summed E-state index contributed by atoms with van der Waals surface area (Å²) in [6.45, 7) is 2.85. The molecule has 4 rings (SSSR count). The second kappa shape index (κ2) is 8.30. The van der Waals surface area contributed by atoms with Crippen molar-refractivity contribution in [3.05, 3.63) is 28.8 Å². The van der Waals surface area contributed by atoms with E-state index in [2.05, 4.69) is 0 Å². The van der Waals surface area contributed by atoms with Gasteiger partial charge in [-0.2, -0.15) is 4.31 Å². The van der Waals surface area contributed by atoms with Gasteiger partial charge in [-0.15, -0.1) is 0 Å². The van der Waals surface area contributed by atoms with Crippen molar-refractivity contribution in [3.63, 3.8) is 0 Å². The number of carbonyl (C=O) groups is 1. The largest absolute Gasteiger partial charge is 0.379 e. The van der Waals surface area contributed by atoms with Crippen LogP contribution in [0.25, 0.3) is 0 Å². The van der Waals surface area contributed by atoms with Gasteiger partial charge in [0.2, 0.25) is 10.0 Å². The number of halogens is 1. The molecule has 3 aliphatic rings. The summed E-state index contributed by atoms with van der Waals surface area (Å²) in [6, 6.07) is 4.61. The molecule has 0 spiro atoms. The molecule has 6 nitrogen and oxygen atoms in total. The maximum absolute atomic E-state index is 13.1. The highest BCUT2D eigenvalue weighted by molar-refractivity contribution is 7.89. The normalized spacial score (nSPS) is 26.7. The monoisotopic (exact) mass is 426 g/mol. The molecule has 1 aromatic carbocycles. The van der Waals surface area contributed by atoms with Gasteiger partial charge in [0.05, 0.1) is 18.2 Å². The van der Waals surface area contributed by atoms with Crippen molar-refractivity contribution in [3.8, 4) is 0 Å². The lowest BCUT2D eigenvalue weighted by molar-refractivity contribution is 0.0520. The Morgan fingerprint density at radius 1 is 1.04 bits per heavy atom. The number of sulfonamides is 1. The number of carbonyl (C=O) groups excluding carboxylic acids is 1. The topological polar surface area (TPSA) is 66.9 Å². The van der Waals surface area contributed by atoms with Gasteiger partial charge in [0, 0.05) is 31.7 Å². The minimum absolute atomic E-state index is 0.00877. The zero-order valence-electron chi connectivity index (χ0n) is 16.0. The fourth-order valence-corrected chi connectivity index (χ4v) is 6.64. The molecule has 0 aromatic heterocycles. The Balaban J connectivity index is 1.55. The Labute approximate surface area is 171 Å². The second-order valence-corrected chi connectivity index (χ2v) is 10.3. The number of morpholine rings is 1. The van der Waals surface area contributed by atoms with E-state index >= 15 is 0 Å². The zero-order valence-corrected chi connectivity index (χ0v) is 17.6. The van der Waals surface area contributed by atoms with Gasteiger partial charge in [-0.1, -0.05) is 30.9 Å². The molecule has 1 aromatic rings. The predicted octanol–water partition coefficient (Wildman–Crippen LogP) is 3.01. The highest BCUT2D eigenvalue weighted by Crippen LogP contribution is 2.36. The van der Waals surface area contributed by atoms with E-state index in [0.29, 0.717) is 37.8 Å². The molecule has 28 heavy (non-hydrogen) atoms. The van der Waals surface area contributed by atoms with Crippen LogP contribution < -0.4 is 0 Å². The van der Waals surface area contributed by atoms with E-state index in [0.717, 1.165) is 25.4 Å². The number of nitrogens with zero attached hydrogens (tertiary/aromatic N) is 2. The summed E-state index contributed by atoms with van der Waals surface area (Å²) in [7, 11) is -3.75. The lowest BCUT2D eigenvalue weighted by atomic mass is 9.75. The third-order valence-corrected chi connectivity index (χ3v) is 8.72. The van der Waals surface area contributed by atoms with Gasteiger partial charge in [-0.25, -0.2) is 8.42 Å². The third-order valence-electron chi connectivity index (χ3n) is 6.34. The minimum Gasteiger partial charge on any atom is -0.379 e. The van der Waals surface area contributed by atoms with Crippen molar-refractivity contribution in [1.82, 2.24) is 9.21 Å². The molecule has 2 heterocycles. The SMILES string of the molecule is O=C(c1ccc(Cl)c(S(=O)(=O)N2CCOCC2)c1)N1CC[C@H]2CCCC[C@H]2C1. The van der Waals surface area contributed by atoms with Crippen LogP contribution in [0, 0.1) is 11.8 Å². The van der Waals surface area contributed by atoms with Gasteiger partial charge >= 0.3 is 0 Å². The predicted molar refractivity (Wildman–Crippen MR) is 107 cm³/mol. The van der Waals surface area contributed by atoms with Crippen LogP contribution in [0.4, 0.5) is 0 Å². The number of likely N-dealkylation sites (tertiary alicyclic amines) is 1. The van der Waals surface area contributed by atoms with Crippen LogP contribution in [-0.4, -0.2) is 62.9 Å². The molecule has 0 radical (unpaired) electrons. The summed E-state index contributed by atoms with van der Waals surface area (Å²) in [4.78, 5) is 15.0. The summed E-state index contributed by atoms with van der Waals surface area (Å²) in [5, 5.41) is 0.147. The van der Waals surface area contributed by atoms with E-state index < -0.39 is 10.0 Å². The van der Waals surface area contributed by atoms with Crippen molar-refractivity contribution in [2.75, 3.05) is 39.4 Å². The Bertz CT molecular complexity index is 839. The first kappa shape index (κ1) is 20.1. The van der Waals surface area contributed by atoms with Crippen molar-refractivity contribution in [2.24, 2.45) is 11.8 Å². The smallest absolute Gasteiger partial charge is 0.253 e. The zero-order chi connectivity index (χ0) is 19.7. The molecule has 0 bridgehead atoms. The molecule has 0 unspecified atom stereocenters. The summed E-state index contributed by atoms with van der Waals surface area (Å²) in [5.74, 6) is 1.22. The van der Waals surface area contributed by atoms with Gasteiger partial charge in [-0.05, 0) is 42.9 Å². The molecular formula is C20H27ClN2O4S. The third kappa shape index (κ3) is 3.95. The molecule has 154 valence electrons. The summed E-state index contributed by atoms with van der Waals surface area (Å²) in [5.41, 5.74) is 0.394. The van der Waals surface area contributed by atoms with Crippen LogP contribution in [-0.2, 0) is 14.8 Å². The first-order valence-corrected chi connectivity index (χ1v) is 12.0. The van der Waals surface area contributed by atoms with Crippen molar-refractivity contribution in [1.29, 1.82) is 0 Å². The molecule has 0 N–H and O–H groups in total. The van der Waals surface area contributed by atoms with Crippen LogP contribution in [0.2, 0.25) is 5.02 Å². The molecule has 2 aliphatic heterocycles. The Morgan fingerprint density at radius 3 is 2.50 bits per heavy atom. The Hall–Kier alpha value is -1.15. The number of benzene rings is 1. The number of ether oxygens (including phenoxy) is 1. The van der Waals surface area contributed by atoms with Gasteiger partial charge in [0.25, 0.3) is 5.91 Å². The van der Waals surface area contributed by atoms with Crippen molar-refractivity contribution in [2.45, 2.75) is 37.0 Å². The fourth-order valence-electron chi connectivity index (χ4n) is 4.73. The first-order chi connectivity index (χ1) is 13.5. The minimum atomic E-state index is -3.75. The number of amides is 1. The van der Waals surface area contributed by atoms with Gasteiger partial charge in [0.15, 0.2) is 0 Å². The molecule has 1 aliphatic carbocycles. The van der Waals surface area contributed by atoms with E-state index in [-0.39, 0.29) is 15.8 Å². The van der Waals surface area contributed by atoms with Crippen LogP contribution in [0.1, 0.15) is 42.5 Å². The summed E-state index contributed by atoms with van der Waals surface area (Å²) >= 11 is 6.22. The van der Waals surface area contributed by atoms with E-state index in [1.165, 1.54) is 42.1 Å². The van der Waals surface area contributed by atoms with Gasteiger partial charge in [-0.3, -0.25) is 4.79 Å². The number of fused-ring (bicyclic) bond motifs is 1. The van der Waals surface area contributed by atoms with E-state index in [4.69, 9.17) is 16.3 Å². The average molecular weight is 427 g/mol. The first-order valence-electron chi connectivity index (χ1n) is 10.1. The van der Waals surface area contributed by atoms with E-state index in [1.54, 1.807) is 6.07 Å². The number of hydrogen-bond donors (Lipinski definition) is 0. The Morgan fingerprint density at radius 2 is 1.75 bits per heavy atom. The molecule has 8 heteroatoms. The maximum Gasteiger partial charge on any atom is 0.253 e. The quantitative estimate of drug-likeness (QED) is 0.745. The second-order valence-electron chi connectivity index (χ2n) is 8.01. The van der Waals surface area contributed by atoms with Crippen LogP contribution in [0.5, 0.6) is 0 Å². The van der Waals surface area contributed by atoms with Crippen molar-refractivity contribution < 1.29 is 17.9 Å². The summed E-state index contributed by atoms with van der Waals surface area (Å²) in [6.07, 6.45) is 6.05. The van der Waals surface area contributed by atoms with Crippen LogP contribution >= 0.6 is 11.6 Å². The highest BCUT2D eigenvalue weighted by Gasteiger charge is 2.34. The summed E-state index contributed by atoms with van der Waals surface area (Å²) < 4.78 is 32.6. The molecule has 2 atom stereocenters. The van der Waals surface area contributed by atoms with Crippen LogP contribution in [0.15, 0.2) is 23.1 Å². The molecule has 1 amide bonds. The highest BCUT2D eigenvalue weighted by atomic mass is 35.5.